The van der Waals surface area contributed by atoms with Gasteiger partial charge in [0.15, 0.2) is 11.5 Å². The molecule has 0 unspecified atom stereocenters. The van der Waals surface area contributed by atoms with E-state index in [0.717, 1.165) is 24.6 Å². The molecule has 2 aromatic rings. The molecular weight excluding hydrogens is 250 g/mol. The van der Waals surface area contributed by atoms with Crippen LogP contribution in [0.2, 0.25) is 0 Å². The summed E-state index contributed by atoms with van der Waals surface area (Å²) in [5.74, 6) is 1.67. The minimum atomic E-state index is 0.325. The normalized spacial score (nSPS) is 13.0. The molecule has 0 fully saturated rings. The first kappa shape index (κ1) is 12.8. The molecule has 3 rings (SSSR count). The number of benzene rings is 2. The summed E-state index contributed by atoms with van der Waals surface area (Å²) in [5.41, 5.74) is 2.42. The number of hydrogen-bond acceptors (Lipinski definition) is 3. The molecule has 20 heavy (non-hydrogen) atoms. The van der Waals surface area contributed by atoms with E-state index in [2.05, 4.69) is 35.7 Å². The van der Waals surface area contributed by atoms with Gasteiger partial charge in [0.25, 0.3) is 0 Å². The van der Waals surface area contributed by atoms with Crippen molar-refractivity contribution in [3.63, 3.8) is 0 Å². The summed E-state index contributed by atoms with van der Waals surface area (Å²) in [6.45, 7) is 1.98. The Morgan fingerprint density at radius 2 is 1.85 bits per heavy atom. The minimum Gasteiger partial charge on any atom is -0.454 e. The van der Waals surface area contributed by atoms with Gasteiger partial charge < -0.3 is 14.8 Å². The van der Waals surface area contributed by atoms with Gasteiger partial charge >= 0.3 is 0 Å². The quantitative estimate of drug-likeness (QED) is 0.844. The van der Waals surface area contributed by atoms with E-state index in [1.165, 1.54) is 11.1 Å². The molecule has 0 atom stereocenters. The summed E-state index contributed by atoms with van der Waals surface area (Å²) in [6.07, 6.45) is 4.24. The van der Waals surface area contributed by atoms with Crippen LogP contribution in [0.4, 0.5) is 0 Å². The van der Waals surface area contributed by atoms with Gasteiger partial charge in [0.1, 0.15) is 0 Å². The van der Waals surface area contributed by atoms with Gasteiger partial charge in [-0.2, -0.15) is 0 Å². The van der Waals surface area contributed by atoms with E-state index in [1.807, 2.05) is 30.3 Å². The summed E-state index contributed by atoms with van der Waals surface area (Å²) in [7, 11) is 0. The highest BCUT2D eigenvalue weighted by atomic mass is 16.7. The highest BCUT2D eigenvalue weighted by molar-refractivity contribution is 5.48. The number of hydrogen-bond donors (Lipinski definition) is 1. The Bertz CT molecular complexity index is 593. The second-order valence-corrected chi connectivity index (χ2v) is 4.63. The zero-order chi connectivity index (χ0) is 13.6. The van der Waals surface area contributed by atoms with E-state index in [4.69, 9.17) is 9.47 Å². The summed E-state index contributed by atoms with van der Waals surface area (Å²) in [4.78, 5) is 0. The molecule has 0 saturated carbocycles. The van der Waals surface area contributed by atoms with Crippen molar-refractivity contribution in [2.24, 2.45) is 0 Å². The second-order valence-electron chi connectivity index (χ2n) is 4.63. The molecule has 0 aromatic heterocycles. The zero-order valence-corrected chi connectivity index (χ0v) is 11.2. The van der Waals surface area contributed by atoms with Crippen LogP contribution in [0, 0.1) is 0 Å². The lowest BCUT2D eigenvalue weighted by Crippen LogP contribution is -2.12. The van der Waals surface area contributed by atoms with Gasteiger partial charge in [-0.15, -0.1) is 0 Å². The average Bonchev–Trinajstić information content (AvgIpc) is 2.95. The van der Waals surface area contributed by atoms with Crippen molar-refractivity contribution in [3.05, 3.63) is 65.7 Å². The predicted octanol–water partition coefficient (Wildman–Crippen LogP) is 3.22. The predicted molar refractivity (Wildman–Crippen MR) is 79.7 cm³/mol. The van der Waals surface area contributed by atoms with Crippen LogP contribution in [0.25, 0.3) is 6.08 Å². The molecule has 1 N–H and O–H groups in total. The van der Waals surface area contributed by atoms with Crippen molar-refractivity contribution >= 4 is 6.08 Å². The van der Waals surface area contributed by atoms with E-state index in [9.17, 15) is 0 Å². The van der Waals surface area contributed by atoms with Crippen LogP contribution in [0.1, 0.15) is 11.1 Å². The van der Waals surface area contributed by atoms with E-state index < -0.39 is 0 Å². The van der Waals surface area contributed by atoms with Crippen LogP contribution in [0.15, 0.2) is 54.6 Å². The van der Waals surface area contributed by atoms with Crippen LogP contribution in [0.3, 0.4) is 0 Å². The van der Waals surface area contributed by atoms with Gasteiger partial charge in [-0.3, -0.25) is 0 Å². The number of fused-ring (bicyclic) bond motifs is 1. The molecule has 0 aliphatic carbocycles. The molecule has 2 aromatic carbocycles. The van der Waals surface area contributed by atoms with Crippen LogP contribution in [0.5, 0.6) is 11.5 Å². The summed E-state index contributed by atoms with van der Waals surface area (Å²) in [6, 6.07) is 16.3. The largest absolute Gasteiger partial charge is 0.454 e. The topological polar surface area (TPSA) is 30.5 Å². The van der Waals surface area contributed by atoms with Gasteiger partial charge in [0.2, 0.25) is 6.79 Å². The Balaban J connectivity index is 1.47. The lowest BCUT2D eigenvalue weighted by molar-refractivity contribution is 0.174. The van der Waals surface area contributed by atoms with Gasteiger partial charge in [-0.1, -0.05) is 48.6 Å². The van der Waals surface area contributed by atoms with E-state index in [0.29, 0.717) is 6.79 Å². The third-order valence-electron chi connectivity index (χ3n) is 3.14. The van der Waals surface area contributed by atoms with Gasteiger partial charge in [0.05, 0.1) is 0 Å². The molecule has 1 heterocycles. The summed E-state index contributed by atoms with van der Waals surface area (Å²) in [5, 5.41) is 3.38. The lowest BCUT2D eigenvalue weighted by atomic mass is 10.2. The highest BCUT2D eigenvalue weighted by Crippen LogP contribution is 2.32. The van der Waals surface area contributed by atoms with E-state index >= 15 is 0 Å². The first-order chi connectivity index (χ1) is 9.92. The Morgan fingerprint density at radius 3 is 2.75 bits per heavy atom. The standard InChI is InChI=1S/C17H17NO2/c1-2-5-14(6-3-1)7-4-10-18-12-15-8-9-16-17(11-15)20-13-19-16/h1-9,11,18H,10,12-13H2/b7-4+. The third-order valence-corrected chi connectivity index (χ3v) is 3.14. The first-order valence-electron chi connectivity index (χ1n) is 6.73. The SMILES string of the molecule is C(=C\c1ccccc1)/CNCc1ccc2c(c1)OCO2. The summed E-state index contributed by atoms with van der Waals surface area (Å²) >= 11 is 0. The smallest absolute Gasteiger partial charge is 0.231 e. The average molecular weight is 267 g/mol. The molecule has 3 heteroatoms. The monoisotopic (exact) mass is 267 g/mol. The van der Waals surface area contributed by atoms with Crippen molar-refractivity contribution in [2.75, 3.05) is 13.3 Å². The Labute approximate surface area is 118 Å². The molecule has 0 radical (unpaired) electrons. The van der Waals surface area contributed by atoms with Crippen LogP contribution >= 0.6 is 0 Å². The maximum atomic E-state index is 5.36. The highest BCUT2D eigenvalue weighted by Gasteiger charge is 2.12. The van der Waals surface area contributed by atoms with E-state index in [-0.39, 0.29) is 0 Å². The molecule has 1 aliphatic heterocycles. The molecule has 0 spiro atoms. The molecular formula is C17H17NO2. The van der Waals surface area contributed by atoms with Crippen LogP contribution in [-0.4, -0.2) is 13.3 Å². The van der Waals surface area contributed by atoms with Crippen molar-refractivity contribution in [2.45, 2.75) is 6.54 Å². The maximum absolute atomic E-state index is 5.36. The van der Waals surface area contributed by atoms with Crippen molar-refractivity contribution < 1.29 is 9.47 Å². The van der Waals surface area contributed by atoms with Gasteiger partial charge in [-0.05, 0) is 23.3 Å². The number of nitrogens with one attached hydrogen (secondary N) is 1. The minimum absolute atomic E-state index is 0.325. The molecule has 102 valence electrons. The third kappa shape index (κ3) is 3.19. The lowest BCUT2D eigenvalue weighted by Gasteiger charge is -2.03. The van der Waals surface area contributed by atoms with E-state index in [1.54, 1.807) is 0 Å². The molecule has 3 nitrogen and oxygen atoms in total. The Hall–Kier alpha value is -2.26. The fourth-order valence-corrected chi connectivity index (χ4v) is 2.11. The Kier molecular flexibility index (Phi) is 3.99. The number of ether oxygens (including phenoxy) is 2. The number of rotatable bonds is 5. The Morgan fingerprint density at radius 1 is 1.00 bits per heavy atom. The second kappa shape index (κ2) is 6.26. The molecule has 0 bridgehead atoms. The van der Waals surface area contributed by atoms with Gasteiger partial charge in [0, 0.05) is 13.1 Å². The van der Waals surface area contributed by atoms with Crippen molar-refractivity contribution in [1.82, 2.24) is 5.32 Å². The summed E-state index contributed by atoms with van der Waals surface area (Å²) < 4.78 is 10.7. The van der Waals surface area contributed by atoms with Crippen LogP contribution < -0.4 is 14.8 Å². The fourth-order valence-electron chi connectivity index (χ4n) is 2.11. The molecule has 0 saturated heterocycles. The van der Waals surface area contributed by atoms with Crippen molar-refractivity contribution in [1.29, 1.82) is 0 Å². The molecule has 0 amide bonds. The zero-order valence-electron chi connectivity index (χ0n) is 11.2. The molecule has 1 aliphatic rings. The first-order valence-corrected chi connectivity index (χ1v) is 6.73. The maximum Gasteiger partial charge on any atom is 0.231 e. The van der Waals surface area contributed by atoms with Crippen LogP contribution in [-0.2, 0) is 6.54 Å². The van der Waals surface area contributed by atoms with Crippen molar-refractivity contribution in [3.8, 4) is 11.5 Å². The fraction of sp³-hybridized carbons (Fsp3) is 0.176. The van der Waals surface area contributed by atoms with Gasteiger partial charge in [-0.25, -0.2) is 0 Å².